The number of aldehydes is 1. The van der Waals surface area contributed by atoms with Gasteiger partial charge in [0.2, 0.25) is 0 Å². The van der Waals surface area contributed by atoms with Gasteiger partial charge in [-0.2, -0.15) is 0 Å². The third kappa shape index (κ3) is 3.65. The molecule has 0 N–H and O–H groups in total. The van der Waals surface area contributed by atoms with Crippen molar-refractivity contribution in [1.82, 2.24) is 0 Å². The highest BCUT2D eigenvalue weighted by molar-refractivity contribution is 5.48. The number of carbonyl (C=O) groups is 1. The van der Waals surface area contributed by atoms with Crippen LogP contribution in [0.3, 0.4) is 0 Å². The summed E-state index contributed by atoms with van der Waals surface area (Å²) in [7, 11) is 0. The van der Waals surface area contributed by atoms with Crippen molar-refractivity contribution in [2.24, 2.45) is 46.3 Å². The molecule has 5 heteroatoms. The van der Waals surface area contributed by atoms with E-state index in [0.717, 1.165) is 57.7 Å². The number of rotatable bonds is 5. The number of alkyl halides is 2. The van der Waals surface area contributed by atoms with E-state index in [0.29, 0.717) is 18.3 Å². The molecule has 5 fully saturated rings. The lowest BCUT2D eigenvalue weighted by Gasteiger charge is -2.63. The third-order valence-electron chi connectivity index (χ3n) is 11.3. The summed E-state index contributed by atoms with van der Waals surface area (Å²) in [6.45, 7) is 10.8. The van der Waals surface area contributed by atoms with Crippen molar-refractivity contribution in [2.75, 3.05) is 0 Å². The van der Waals surface area contributed by atoms with Gasteiger partial charge < -0.3 is 14.3 Å². The van der Waals surface area contributed by atoms with Crippen molar-refractivity contribution in [3.05, 3.63) is 0 Å². The van der Waals surface area contributed by atoms with E-state index in [1.54, 1.807) is 0 Å². The second-order valence-corrected chi connectivity index (χ2v) is 13.3. The zero-order valence-corrected chi connectivity index (χ0v) is 21.2. The SMILES string of the molecule is C[C@H](CCCC=O)[C@H]1CC[C@H]2[C@H]3[C@H](CC[C@]12C)[C@@]1(C)CC[C@@H]2OC(C)(C)O[C@@H]2[C@@H]1CC3(F)F. The highest BCUT2D eigenvalue weighted by Gasteiger charge is 2.70. The first kappa shape index (κ1) is 24.2. The molecule has 0 radical (unpaired) electrons. The molecule has 3 nitrogen and oxygen atoms in total. The zero-order chi connectivity index (χ0) is 23.8. The minimum Gasteiger partial charge on any atom is -0.345 e. The summed E-state index contributed by atoms with van der Waals surface area (Å²) in [6, 6.07) is 0. The molecule has 5 aliphatic rings. The molecule has 0 spiro atoms. The number of ether oxygens (including phenoxy) is 2. The van der Waals surface area contributed by atoms with Crippen LogP contribution in [0.25, 0.3) is 0 Å². The van der Waals surface area contributed by atoms with E-state index in [4.69, 9.17) is 9.47 Å². The molecule has 1 saturated heterocycles. The van der Waals surface area contributed by atoms with Gasteiger partial charge in [-0.3, -0.25) is 0 Å². The molecule has 1 heterocycles. The Morgan fingerprint density at radius 2 is 1.64 bits per heavy atom. The molecule has 0 aromatic heterocycles. The van der Waals surface area contributed by atoms with Crippen molar-refractivity contribution >= 4 is 6.29 Å². The summed E-state index contributed by atoms with van der Waals surface area (Å²) in [6.07, 6.45) is 9.18. The van der Waals surface area contributed by atoms with E-state index in [2.05, 4.69) is 20.8 Å². The van der Waals surface area contributed by atoms with Gasteiger partial charge in [0.25, 0.3) is 5.92 Å². The van der Waals surface area contributed by atoms with E-state index in [9.17, 15) is 4.79 Å². The quantitative estimate of drug-likeness (QED) is 0.322. The normalized spacial score (nSPS) is 50.6. The molecule has 33 heavy (non-hydrogen) atoms. The van der Waals surface area contributed by atoms with Crippen molar-refractivity contribution in [3.63, 3.8) is 0 Å². The van der Waals surface area contributed by atoms with Crippen LogP contribution in [0.5, 0.6) is 0 Å². The Labute approximate surface area is 198 Å². The Bertz CT molecular complexity index is 768. The molecule has 4 saturated carbocycles. The van der Waals surface area contributed by atoms with Crippen molar-refractivity contribution in [1.29, 1.82) is 0 Å². The van der Waals surface area contributed by atoms with Crippen molar-refractivity contribution in [3.8, 4) is 0 Å². The first-order valence-corrected chi connectivity index (χ1v) is 13.6. The van der Waals surface area contributed by atoms with Crippen LogP contribution in [0, 0.1) is 46.3 Å². The van der Waals surface area contributed by atoms with Crippen LogP contribution >= 0.6 is 0 Å². The van der Waals surface area contributed by atoms with Gasteiger partial charge in [0, 0.05) is 18.8 Å². The van der Waals surface area contributed by atoms with Crippen LogP contribution in [-0.2, 0) is 14.3 Å². The summed E-state index contributed by atoms with van der Waals surface area (Å²) in [5.74, 6) is -2.77. The summed E-state index contributed by atoms with van der Waals surface area (Å²) >= 11 is 0. The predicted octanol–water partition coefficient (Wildman–Crippen LogP) is 7.03. The van der Waals surface area contributed by atoms with Gasteiger partial charge in [-0.15, -0.1) is 0 Å². The van der Waals surface area contributed by atoms with Crippen LogP contribution in [0.4, 0.5) is 8.78 Å². The number of carbonyl (C=O) groups excluding carboxylic acids is 1. The standard InChI is InChI=1S/C28H44F2O3/c1-17(8-6-7-15-31)18-9-10-19-23-20(11-13-26(18,19)4)27(5)14-12-22-24(33-25(2,3)32-22)21(27)16-28(23,29)30/h15,17-24H,6-14,16H2,1-5H3/t17-,18-,19+,20+,21+,22+,23+,24-,26-,27-/m1/s1. The lowest BCUT2D eigenvalue weighted by Crippen LogP contribution is -2.63. The number of fused-ring (bicyclic) bond motifs is 7. The van der Waals surface area contributed by atoms with E-state index in [-0.39, 0.29) is 47.2 Å². The average molecular weight is 467 g/mol. The summed E-state index contributed by atoms with van der Waals surface area (Å²) in [5, 5.41) is 0. The second kappa shape index (κ2) is 7.98. The van der Waals surface area contributed by atoms with E-state index < -0.39 is 17.6 Å². The Morgan fingerprint density at radius 1 is 0.939 bits per heavy atom. The van der Waals surface area contributed by atoms with Crippen LogP contribution in [0.1, 0.15) is 98.8 Å². The molecule has 4 aliphatic carbocycles. The van der Waals surface area contributed by atoms with Gasteiger partial charge >= 0.3 is 0 Å². The third-order valence-corrected chi connectivity index (χ3v) is 11.3. The first-order valence-electron chi connectivity index (χ1n) is 13.6. The lowest BCUT2D eigenvalue weighted by molar-refractivity contribution is -0.252. The number of unbranched alkanes of at least 4 members (excludes halogenated alkanes) is 1. The molecule has 10 atom stereocenters. The van der Waals surface area contributed by atoms with Gasteiger partial charge in [-0.05, 0) is 99.2 Å². The fraction of sp³-hybridized carbons (Fsp3) is 0.964. The largest absolute Gasteiger partial charge is 0.345 e. The maximum Gasteiger partial charge on any atom is 0.251 e. The summed E-state index contributed by atoms with van der Waals surface area (Å²) in [5.41, 5.74) is -0.0904. The Morgan fingerprint density at radius 3 is 2.36 bits per heavy atom. The van der Waals surface area contributed by atoms with Gasteiger partial charge in [-0.1, -0.05) is 27.2 Å². The minimum atomic E-state index is -2.64. The Kier molecular flexibility index (Phi) is 5.84. The van der Waals surface area contributed by atoms with Crippen molar-refractivity contribution < 1.29 is 23.0 Å². The Hall–Kier alpha value is -0.550. The fourth-order valence-corrected chi connectivity index (χ4v) is 9.85. The smallest absolute Gasteiger partial charge is 0.251 e. The molecule has 0 amide bonds. The van der Waals surface area contributed by atoms with E-state index in [1.807, 2.05) is 13.8 Å². The molecule has 0 unspecified atom stereocenters. The van der Waals surface area contributed by atoms with Gasteiger partial charge in [0.15, 0.2) is 5.79 Å². The Balaban J connectivity index is 1.41. The summed E-state index contributed by atoms with van der Waals surface area (Å²) in [4.78, 5) is 10.8. The topological polar surface area (TPSA) is 35.5 Å². The monoisotopic (exact) mass is 466 g/mol. The van der Waals surface area contributed by atoms with Crippen LogP contribution < -0.4 is 0 Å². The maximum atomic E-state index is 16.2. The molecular formula is C28H44F2O3. The van der Waals surface area contributed by atoms with Crippen LogP contribution in [0.2, 0.25) is 0 Å². The zero-order valence-electron chi connectivity index (χ0n) is 21.2. The molecule has 5 rings (SSSR count). The van der Waals surface area contributed by atoms with Crippen LogP contribution in [0.15, 0.2) is 0 Å². The highest BCUT2D eigenvalue weighted by atomic mass is 19.3. The highest BCUT2D eigenvalue weighted by Crippen LogP contribution is 2.71. The molecular weight excluding hydrogens is 422 g/mol. The number of hydrogen-bond donors (Lipinski definition) is 0. The van der Waals surface area contributed by atoms with E-state index >= 15 is 8.78 Å². The molecule has 0 aromatic rings. The molecule has 0 bridgehead atoms. The number of hydrogen-bond acceptors (Lipinski definition) is 3. The first-order chi connectivity index (χ1) is 15.4. The van der Waals surface area contributed by atoms with Gasteiger partial charge in [0.05, 0.1) is 12.2 Å². The number of halogens is 2. The molecule has 1 aliphatic heterocycles. The van der Waals surface area contributed by atoms with E-state index in [1.165, 1.54) is 0 Å². The van der Waals surface area contributed by atoms with Crippen LogP contribution in [-0.4, -0.2) is 30.2 Å². The lowest BCUT2D eigenvalue weighted by atomic mass is 9.43. The van der Waals surface area contributed by atoms with Gasteiger partial charge in [0.1, 0.15) is 6.29 Å². The van der Waals surface area contributed by atoms with Gasteiger partial charge in [-0.25, -0.2) is 8.78 Å². The minimum absolute atomic E-state index is 0.000547. The predicted molar refractivity (Wildman–Crippen MR) is 124 cm³/mol. The second-order valence-electron chi connectivity index (χ2n) is 13.3. The maximum absolute atomic E-state index is 16.2. The molecule has 0 aromatic carbocycles. The average Bonchev–Trinajstić information content (AvgIpc) is 3.24. The fourth-order valence-electron chi connectivity index (χ4n) is 9.85. The molecule has 188 valence electrons. The van der Waals surface area contributed by atoms with Crippen molar-refractivity contribution in [2.45, 2.75) is 123 Å². The summed E-state index contributed by atoms with van der Waals surface area (Å²) < 4.78 is 44.8.